The average molecular weight is 546 g/mol. The number of hydrogen-bond donors (Lipinski definition) is 3. The largest absolute Gasteiger partial charge is 0.401 e. The Morgan fingerprint density at radius 3 is 2.25 bits per heavy atom. The number of aliphatic hydroxyl groups excluding tert-OH is 1. The summed E-state index contributed by atoms with van der Waals surface area (Å²) in [6, 6.07) is 16.0. The van der Waals surface area contributed by atoms with Crippen LogP contribution >= 0.6 is 0 Å². The fourth-order valence-electron chi connectivity index (χ4n) is 4.99. The number of hydrogen-bond acceptors (Lipinski definition) is 6. The number of rotatable bonds is 8. The van der Waals surface area contributed by atoms with Gasteiger partial charge in [-0.25, -0.2) is 10.8 Å². The van der Waals surface area contributed by atoms with Crippen LogP contribution in [0.5, 0.6) is 0 Å². The third-order valence-corrected chi connectivity index (χ3v) is 7.36. The number of likely N-dealkylation sites (N-methyl/N-ethyl adjacent to an activating group) is 1. The van der Waals surface area contributed by atoms with Crippen molar-refractivity contribution < 1.29 is 9.84 Å². The van der Waals surface area contributed by atoms with Crippen LogP contribution in [0.1, 0.15) is 70.0 Å². The minimum absolute atomic E-state index is 0.507. The second kappa shape index (κ2) is 14.8. The molecular formula is C33H47N5O2. The highest BCUT2D eigenvalue weighted by molar-refractivity contribution is 5.86. The van der Waals surface area contributed by atoms with E-state index in [1.807, 2.05) is 56.4 Å². The van der Waals surface area contributed by atoms with E-state index in [-0.39, 0.29) is 0 Å². The summed E-state index contributed by atoms with van der Waals surface area (Å²) in [5.74, 6) is 6.73. The number of ether oxygens (including phenoxy) is 1. The minimum Gasteiger partial charge on any atom is -0.401 e. The topological polar surface area (TPSA) is 103 Å². The number of fused-ring (bicyclic) bond motifs is 1. The molecule has 1 aliphatic heterocycles. The molecule has 0 spiro atoms. The zero-order valence-electron chi connectivity index (χ0n) is 25.0. The maximum atomic E-state index is 10.2. The summed E-state index contributed by atoms with van der Waals surface area (Å²) >= 11 is 0. The molecule has 5 N–H and O–H groups in total. The van der Waals surface area contributed by atoms with Crippen LogP contribution < -0.4 is 11.6 Å². The van der Waals surface area contributed by atoms with Crippen molar-refractivity contribution >= 4 is 17.1 Å². The van der Waals surface area contributed by atoms with Gasteiger partial charge in [-0.15, -0.1) is 0 Å². The molecule has 1 atom stereocenters. The quantitative estimate of drug-likeness (QED) is 0.176. The number of allylic oxidation sites excluding steroid dienone is 3. The van der Waals surface area contributed by atoms with Crippen molar-refractivity contribution in [1.29, 1.82) is 0 Å². The molecule has 1 saturated heterocycles. The molecule has 40 heavy (non-hydrogen) atoms. The molecule has 4 rings (SSSR count). The van der Waals surface area contributed by atoms with Crippen LogP contribution in [0.2, 0.25) is 0 Å². The summed E-state index contributed by atoms with van der Waals surface area (Å²) in [6.45, 7) is 12.5. The summed E-state index contributed by atoms with van der Waals surface area (Å²) in [5, 5.41) is 12.9. The standard InChI is InChI=1S/C27H41N5O2.C6H6/c1-7-17(2)14-22(26(19(4)28)31(6)29)15-25-18(3)23-8-9-24(20(5)33)30-27(23)32(25)16-21-10-12-34-13-11-21;1-2-4-6-5-3-1/h8-9,14-15,20-21,33H,7,10-13,16,28-29H2,1-6H3;1-6H/b17-14+,22-15+,26-19-;. The van der Waals surface area contributed by atoms with E-state index in [0.29, 0.717) is 17.3 Å². The first-order valence-corrected chi connectivity index (χ1v) is 14.2. The van der Waals surface area contributed by atoms with Gasteiger partial charge in [0.1, 0.15) is 5.65 Å². The van der Waals surface area contributed by atoms with Crippen LogP contribution in [0.3, 0.4) is 0 Å². The number of nitrogens with two attached hydrogens (primary N) is 2. The van der Waals surface area contributed by atoms with Crippen LogP contribution in [-0.2, 0) is 11.3 Å². The van der Waals surface area contributed by atoms with Gasteiger partial charge in [0.05, 0.1) is 17.5 Å². The van der Waals surface area contributed by atoms with Gasteiger partial charge in [0.2, 0.25) is 0 Å². The smallest absolute Gasteiger partial charge is 0.141 e. The maximum Gasteiger partial charge on any atom is 0.141 e. The third-order valence-electron chi connectivity index (χ3n) is 7.36. The lowest BCUT2D eigenvalue weighted by Crippen LogP contribution is -2.28. The molecule has 1 unspecified atom stereocenters. The Kier molecular flexibility index (Phi) is 11.6. The predicted octanol–water partition coefficient (Wildman–Crippen LogP) is 6.25. The molecule has 0 radical (unpaired) electrons. The van der Waals surface area contributed by atoms with E-state index in [0.717, 1.165) is 72.6 Å². The van der Waals surface area contributed by atoms with Gasteiger partial charge >= 0.3 is 0 Å². The number of hydrazine groups is 1. The van der Waals surface area contributed by atoms with Crippen LogP contribution in [0.25, 0.3) is 17.1 Å². The predicted molar refractivity (Wildman–Crippen MR) is 166 cm³/mol. The van der Waals surface area contributed by atoms with Gasteiger partial charge < -0.3 is 25.2 Å². The number of aryl methyl sites for hydroxylation is 1. The molecular weight excluding hydrogens is 498 g/mol. The van der Waals surface area contributed by atoms with Crippen LogP contribution in [0.4, 0.5) is 0 Å². The maximum absolute atomic E-state index is 10.2. The molecule has 3 heterocycles. The Labute approximate surface area is 239 Å². The van der Waals surface area contributed by atoms with Gasteiger partial charge in [-0.3, -0.25) is 0 Å². The number of aliphatic hydroxyl groups is 1. The molecule has 0 bridgehead atoms. The average Bonchev–Trinajstić information content (AvgIpc) is 3.19. The second-order valence-corrected chi connectivity index (χ2v) is 10.7. The molecule has 0 saturated carbocycles. The summed E-state index contributed by atoms with van der Waals surface area (Å²) in [7, 11) is 1.82. The Morgan fingerprint density at radius 2 is 1.75 bits per heavy atom. The molecule has 1 aliphatic rings. The molecule has 2 aromatic heterocycles. The van der Waals surface area contributed by atoms with Crippen molar-refractivity contribution in [2.24, 2.45) is 17.5 Å². The first kappa shape index (κ1) is 31.1. The first-order chi connectivity index (χ1) is 19.1. The lowest BCUT2D eigenvalue weighted by molar-refractivity contribution is 0.0615. The number of benzene rings is 1. The van der Waals surface area contributed by atoms with E-state index < -0.39 is 6.10 Å². The van der Waals surface area contributed by atoms with E-state index in [1.54, 1.807) is 11.9 Å². The summed E-state index contributed by atoms with van der Waals surface area (Å²) in [6.07, 6.45) is 6.72. The third kappa shape index (κ3) is 8.07. The van der Waals surface area contributed by atoms with Gasteiger partial charge in [-0.2, -0.15) is 0 Å². The highest BCUT2D eigenvalue weighted by Crippen LogP contribution is 2.32. The molecule has 1 aromatic carbocycles. The lowest BCUT2D eigenvalue weighted by Gasteiger charge is -2.24. The normalized spacial score (nSPS) is 16.3. The van der Waals surface area contributed by atoms with Crippen LogP contribution in [0.15, 0.2) is 77.1 Å². The summed E-state index contributed by atoms with van der Waals surface area (Å²) < 4.78 is 7.91. The fourth-order valence-corrected chi connectivity index (χ4v) is 4.99. The van der Waals surface area contributed by atoms with Gasteiger partial charge in [-0.1, -0.05) is 55.0 Å². The number of aromatic nitrogens is 2. The van der Waals surface area contributed by atoms with Gasteiger partial charge in [0.15, 0.2) is 0 Å². The molecule has 3 aromatic rings. The Hall–Kier alpha value is -3.39. The van der Waals surface area contributed by atoms with E-state index in [2.05, 4.69) is 43.6 Å². The summed E-state index contributed by atoms with van der Waals surface area (Å²) in [4.78, 5) is 4.89. The highest BCUT2D eigenvalue weighted by Gasteiger charge is 2.22. The van der Waals surface area contributed by atoms with Crippen molar-refractivity contribution in [2.45, 2.75) is 66.5 Å². The fraction of sp³-hybridized carbons (Fsp3) is 0.424. The van der Waals surface area contributed by atoms with Crippen molar-refractivity contribution in [3.63, 3.8) is 0 Å². The van der Waals surface area contributed by atoms with Crippen LogP contribution in [0, 0.1) is 12.8 Å². The van der Waals surface area contributed by atoms with Gasteiger partial charge in [-0.05, 0) is 76.6 Å². The summed E-state index contributed by atoms with van der Waals surface area (Å²) in [5.41, 5.74) is 13.8. The highest BCUT2D eigenvalue weighted by atomic mass is 16.5. The van der Waals surface area contributed by atoms with Crippen LogP contribution in [-0.4, -0.2) is 39.9 Å². The van der Waals surface area contributed by atoms with Crippen molar-refractivity contribution in [3.05, 3.63) is 94.1 Å². The number of nitrogens with zero attached hydrogens (tertiary/aromatic N) is 3. The van der Waals surface area contributed by atoms with E-state index in [1.165, 1.54) is 5.57 Å². The Balaban J connectivity index is 0.000000649. The van der Waals surface area contributed by atoms with Crippen molar-refractivity contribution in [2.75, 3.05) is 20.3 Å². The van der Waals surface area contributed by atoms with Gasteiger partial charge in [0, 0.05) is 49.2 Å². The molecule has 7 nitrogen and oxygen atoms in total. The molecule has 0 aliphatic carbocycles. The zero-order chi connectivity index (χ0) is 29.2. The first-order valence-electron chi connectivity index (χ1n) is 14.2. The Bertz CT molecular complexity index is 1300. The van der Waals surface area contributed by atoms with Crippen molar-refractivity contribution in [3.8, 4) is 0 Å². The molecule has 7 heteroatoms. The number of pyridine rings is 1. The lowest BCUT2D eigenvalue weighted by atomic mass is 10.00. The van der Waals surface area contributed by atoms with Crippen molar-refractivity contribution in [1.82, 2.24) is 14.6 Å². The SMILES string of the molecule is CC/C(C)=C/C(=C\c1c(C)c2ccc(C(C)O)nc2n1CC1CCOCC1)C(=C(\C)N)/N(C)N.c1ccccc1. The van der Waals surface area contributed by atoms with E-state index in [4.69, 9.17) is 21.3 Å². The Morgan fingerprint density at radius 1 is 1.15 bits per heavy atom. The van der Waals surface area contributed by atoms with E-state index in [9.17, 15) is 5.11 Å². The monoisotopic (exact) mass is 545 g/mol. The van der Waals surface area contributed by atoms with E-state index >= 15 is 0 Å². The molecule has 1 fully saturated rings. The zero-order valence-corrected chi connectivity index (χ0v) is 25.0. The van der Waals surface area contributed by atoms with Gasteiger partial charge in [0.25, 0.3) is 0 Å². The second-order valence-electron chi connectivity index (χ2n) is 10.7. The molecule has 0 amide bonds. The minimum atomic E-state index is -0.624. The molecule has 216 valence electrons.